The minimum atomic E-state index is -0.747. The number of rotatable bonds is 7. The number of aryl methyl sites for hydroxylation is 1. The molecular formula is C15H23NO2. The van der Waals surface area contributed by atoms with Crippen LogP contribution in [0.3, 0.4) is 0 Å². The molecule has 18 heavy (non-hydrogen) atoms. The van der Waals surface area contributed by atoms with Crippen LogP contribution in [-0.4, -0.2) is 23.2 Å². The highest BCUT2D eigenvalue weighted by atomic mass is 16.4. The third kappa shape index (κ3) is 5.32. The average molecular weight is 249 g/mol. The second-order valence-electron chi connectivity index (χ2n) is 4.96. The number of carboxylic acid groups (broad SMARTS) is 1. The van der Waals surface area contributed by atoms with Crippen LogP contribution >= 0.6 is 0 Å². The van der Waals surface area contributed by atoms with Gasteiger partial charge in [0.25, 0.3) is 0 Å². The molecule has 1 aromatic rings. The second kappa shape index (κ2) is 7.17. The normalized spacial score (nSPS) is 14.2. The average Bonchev–Trinajstić information content (AvgIpc) is 2.31. The topological polar surface area (TPSA) is 49.3 Å². The molecule has 3 nitrogen and oxygen atoms in total. The van der Waals surface area contributed by atoms with Gasteiger partial charge in [-0.2, -0.15) is 0 Å². The molecule has 0 radical (unpaired) electrons. The first-order valence-electron chi connectivity index (χ1n) is 6.54. The van der Waals surface area contributed by atoms with Crippen LogP contribution in [0.4, 0.5) is 0 Å². The van der Waals surface area contributed by atoms with Crippen molar-refractivity contribution in [1.82, 2.24) is 5.32 Å². The van der Waals surface area contributed by atoms with Crippen LogP contribution in [0, 0.1) is 6.92 Å². The van der Waals surface area contributed by atoms with Crippen molar-refractivity contribution in [2.45, 2.75) is 52.1 Å². The Balaban J connectivity index is 2.65. The van der Waals surface area contributed by atoms with Crippen molar-refractivity contribution in [2.24, 2.45) is 0 Å². The van der Waals surface area contributed by atoms with Crippen LogP contribution in [0.1, 0.15) is 37.8 Å². The summed E-state index contributed by atoms with van der Waals surface area (Å²) in [4.78, 5) is 10.9. The van der Waals surface area contributed by atoms with Crippen LogP contribution in [0.25, 0.3) is 0 Å². The van der Waals surface area contributed by atoms with Gasteiger partial charge in [-0.15, -0.1) is 0 Å². The molecular weight excluding hydrogens is 226 g/mol. The maximum Gasteiger partial charge on any atom is 0.304 e. The van der Waals surface area contributed by atoms with Gasteiger partial charge in [-0.05, 0) is 32.3 Å². The smallest absolute Gasteiger partial charge is 0.304 e. The van der Waals surface area contributed by atoms with Gasteiger partial charge in [0.05, 0.1) is 6.42 Å². The Bertz CT molecular complexity index is 373. The third-order valence-electron chi connectivity index (χ3n) is 3.16. The Kier molecular flexibility index (Phi) is 5.86. The molecule has 0 aliphatic heterocycles. The summed E-state index contributed by atoms with van der Waals surface area (Å²) in [5.74, 6) is -0.747. The quantitative estimate of drug-likeness (QED) is 0.781. The zero-order valence-corrected chi connectivity index (χ0v) is 11.4. The number of benzene rings is 1. The van der Waals surface area contributed by atoms with Crippen LogP contribution < -0.4 is 5.32 Å². The maximum absolute atomic E-state index is 10.9. The van der Waals surface area contributed by atoms with Gasteiger partial charge in [-0.1, -0.05) is 36.8 Å². The highest BCUT2D eigenvalue weighted by molar-refractivity contribution is 5.67. The van der Waals surface area contributed by atoms with Gasteiger partial charge >= 0.3 is 5.97 Å². The van der Waals surface area contributed by atoms with E-state index < -0.39 is 5.97 Å². The summed E-state index contributed by atoms with van der Waals surface area (Å²) < 4.78 is 0. The van der Waals surface area contributed by atoms with Gasteiger partial charge in [-0.3, -0.25) is 4.79 Å². The Hall–Kier alpha value is -1.35. The van der Waals surface area contributed by atoms with Crippen molar-refractivity contribution in [1.29, 1.82) is 0 Å². The lowest BCUT2D eigenvalue weighted by Gasteiger charge is -2.21. The van der Waals surface area contributed by atoms with Crippen LogP contribution in [0.5, 0.6) is 0 Å². The molecule has 0 aliphatic rings. The van der Waals surface area contributed by atoms with Gasteiger partial charge in [0.2, 0.25) is 0 Å². The molecule has 0 bridgehead atoms. The minimum absolute atomic E-state index is 0.000145. The van der Waals surface area contributed by atoms with Gasteiger partial charge in [0, 0.05) is 12.1 Å². The minimum Gasteiger partial charge on any atom is -0.481 e. The predicted octanol–water partition coefficient (Wildman–Crippen LogP) is 2.77. The van der Waals surface area contributed by atoms with E-state index in [9.17, 15) is 4.79 Å². The Labute approximate surface area is 109 Å². The van der Waals surface area contributed by atoms with E-state index in [0.717, 1.165) is 12.8 Å². The largest absolute Gasteiger partial charge is 0.481 e. The molecule has 0 heterocycles. The Morgan fingerprint density at radius 1 is 1.33 bits per heavy atom. The lowest BCUT2D eigenvalue weighted by atomic mass is 10.0. The van der Waals surface area contributed by atoms with Crippen molar-refractivity contribution in [3.8, 4) is 0 Å². The van der Waals surface area contributed by atoms with E-state index in [2.05, 4.69) is 50.4 Å². The molecule has 0 aliphatic carbocycles. The zero-order valence-electron chi connectivity index (χ0n) is 11.4. The SMILES string of the molecule is CCC(C)NC(CC(=O)O)Cc1ccc(C)cc1. The highest BCUT2D eigenvalue weighted by Gasteiger charge is 2.15. The fraction of sp³-hybridized carbons (Fsp3) is 0.533. The molecule has 0 amide bonds. The van der Waals surface area contributed by atoms with Gasteiger partial charge in [0.15, 0.2) is 0 Å². The van der Waals surface area contributed by atoms with Crippen molar-refractivity contribution in [3.63, 3.8) is 0 Å². The number of carbonyl (C=O) groups is 1. The summed E-state index contributed by atoms with van der Waals surface area (Å²) >= 11 is 0. The number of nitrogens with one attached hydrogen (secondary N) is 1. The third-order valence-corrected chi connectivity index (χ3v) is 3.16. The molecule has 2 N–H and O–H groups in total. The standard InChI is InChI=1S/C15H23NO2/c1-4-12(3)16-14(10-15(17)18)9-13-7-5-11(2)6-8-13/h5-8,12,14,16H,4,9-10H2,1-3H3,(H,17,18). The fourth-order valence-corrected chi connectivity index (χ4v) is 1.93. The number of hydrogen-bond acceptors (Lipinski definition) is 2. The van der Waals surface area contributed by atoms with Crippen molar-refractivity contribution >= 4 is 5.97 Å². The van der Waals surface area contributed by atoms with Gasteiger partial charge < -0.3 is 10.4 Å². The summed E-state index contributed by atoms with van der Waals surface area (Å²) in [6.07, 6.45) is 1.93. The van der Waals surface area contributed by atoms with Gasteiger partial charge in [-0.25, -0.2) is 0 Å². The van der Waals surface area contributed by atoms with Crippen molar-refractivity contribution in [2.75, 3.05) is 0 Å². The first-order valence-corrected chi connectivity index (χ1v) is 6.54. The predicted molar refractivity (Wildman–Crippen MR) is 73.8 cm³/mol. The van der Waals surface area contributed by atoms with Crippen molar-refractivity contribution < 1.29 is 9.90 Å². The lowest BCUT2D eigenvalue weighted by molar-refractivity contribution is -0.137. The summed E-state index contributed by atoms with van der Waals surface area (Å²) in [6.45, 7) is 6.24. The summed E-state index contributed by atoms with van der Waals surface area (Å²) in [7, 11) is 0. The Morgan fingerprint density at radius 3 is 2.44 bits per heavy atom. The molecule has 2 unspecified atom stereocenters. The molecule has 0 fully saturated rings. The molecule has 0 saturated heterocycles. The number of carboxylic acids is 1. The van der Waals surface area contributed by atoms with E-state index in [1.165, 1.54) is 11.1 Å². The summed E-state index contributed by atoms with van der Waals surface area (Å²) in [5.41, 5.74) is 2.41. The molecule has 0 spiro atoms. The second-order valence-corrected chi connectivity index (χ2v) is 4.96. The van der Waals surface area contributed by atoms with Crippen LogP contribution in [0.15, 0.2) is 24.3 Å². The fourth-order valence-electron chi connectivity index (χ4n) is 1.93. The monoisotopic (exact) mass is 249 g/mol. The molecule has 1 aromatic carbocycles. The molecule has 1 rings (SSSR count). The summed E-state index contributed by atoms with van der Waals surface area (Å²) in [6, 6.07) is 8.62. The van der Waals surface area contributed by atoms with Crippen molar-refractivity contribution in [3.05, 3.63) is 35.4 Å². The first-order chi connectivity index (χ1) is 8.51. The molecule has 100 valence electrons. The van der Waals surface area contributed by atoms with E-state index in [4.69, 9.17) is 5.11 Å². The van der Waals surface area contributed by atoms with E-state index in [0.29, 0.717) is 6.04 Å². The zero-order chi connectivity index (χ0) is 13.5. The number of hydrogen-bond donors (Lipinski definition) is 2. The molecule has 3 heteroatoms. The summed E-state index contributed by atoms with van der Waals surface area (Å²) in [5, 5.41) is 12.3. The molecule has 0 aromatic heterocycles. The van der Waals surface area contributed by atoms with E-state index in [1.54, 1.807) is 0 Å². The Morgan fingerprint density at radius 2 is 1.94 bits per heavy atom. The molecule has 0 saturated carbocycles. The first kappa shape index (κ1) is 14.7. The van der Waals surface area contributed by atoms with E-state index >= 15 is 0 Å². The number of aliphatic carboxylic acids is 1. The van der Waals surface area contributed by atoms with Crippen LogP contribution in [-0.2, 0) is 11.2 Å². The molecule has 2 atom stereocenters. The van der Waals surface area contributed by atoms with E-state index in [1.807, 2.05) is 0 Å². The van der Waals surface area contributed by atoms with Gasteiger partial charge in [0.1, 0.15) is 0 Å². The maximum atomic E-state index is 10.9. The van der Waals surface area contributed by atoms with E-state index in [-0.39, 0.29) is 12.5 Å². The van der Waals surface area contributed by atoms with Crippen LogP contribution in [0.2, 0.25) is 0 Å². The lowest BCUT2D eigenvalue weighted by Crippen LogP contribution is -2.39. The highest BCUT2D eigenvalue weighted by Crippen LogP contribution is 2.09.